The first-order chi connectivity index (χ1) is 17.3. The van der Waals surface area contributed by atoms with Crippen LogP contribution in [0.15, 0.2) is 35.3 Å². The second-order valence-corrected chi connectivity index (χ2v) is 10.4. The monoisotopic (exact) mass is 527 g/mol. The first-order valence-electron chi connectivity index (χ1n) is 12.1. The van der Waals surface area contributed by atoms with Gasteiger partial charge in [-0.1, -0.05) is 23.2 Å². The highest BCUT2D eigenvalue weighted by Crippen LogP contribution is 2.45. The Morgan fingerprint density at radius 3 is 2.56 bits per heavy atom. The largest absolute Gasteiger partial charge is 0.389 e. The Morgan fingerprint density at radius 2 is 1.92 bits per heavy atom. The molecular formula is C26H27Cl2N5O3. The van der Waals surface area contributed by atoms with Gasteiger partial charge in [-0.3, -0.25) is 9.78 Å². The number of pyridine rings is 3. The molecule has 2 aliphatic heterocycles. The van der Waals surface area contributed by atoms with Crippen LogP contribution in [0.3, 0.4) is 0 Å². The molecule has 0 aliphatic carbocycles. The van der Waals surface area contributed by atoms with Gasteiger partial charge in [0.2, 0.25) is 0 Å². The van der Waals surface area contributed by atoms with Crippen LogP contribution in [0.2, 0.25) is 10.2 Å². The zero-order valence-corrected chi connectivity index (χ0v) is 21.5. The van der Waals surface area contributed by atoms with Crippen molar-refractivity contribution in [3.05, 3.63) is 62.2 Å². The van der Waals surface area contributed by atoms with Gasteiger partial charge < -0.3 is 19.3 Å². The number of piperidine rings is 1. The van der Waals surface area contributed by atoms with E-state index in [1.165, 1.54) is 4.57 Å². The summed E-state index contributed by atoms with van der Waals surface area (Å²) in [5.41, 5.74) is 1.06. The molecule has 2 saturated heterocycles. The minimum Gasteiger partial charge on any atom is -0.389 e. The van der Waals surface area contributed by atoms with Gasteiger partial charge in [0.1, 0.15) is 22.3 Å². The highest BCUT2D eigenvalue weighted by Gasteiger charge is 2.46. The van der Waals surface area contributed by atoms with Gasteiger partial charge >= 0.3 is 0 Å². The van der Waals surface area contributed by atoms with Crippen molar-refractivity contribution in [1.29, 1.82) is 5.26 Å². The summed E-state index contributed by atoms with van der Waals surface area (Å²) in [6.45, 7) is 2.23. The lowest BCUT2D eigenvalue weighted by Gasteiger charge is -2.47. The molecule has 5 rings (SSSR count). The molecule has 5 heterocycles. The van der Waals surface area contributed by atoms with Crippen molar-refractivity contribution in [3.8, 4) is 6.07 Å². The molecule has 36 heavy (non-hydrogen) atoms. The van der Waals surface area contributed by atoms with E-state index >= 15 is 0 Å². The molecule has 0 saturated carbocycles. The van der Waals surface area contributed by atoms with Crippen molar-refractivity contribution in [2.24, 2.45) is 13.0 Å². The van der Waals surface area contributed by atoms with Gasteiger partial charge in [0, 0.05) is 51.2 Å². The summed E-state index contributed by atoms with van der Waals surface area (Å²) >= 11 is 12.3. The standard InChI is InChI=1S/C26H27Cl2N5O3/c1-32-20-4-5-21(28)31-23(20)24(18(14-29)25(32)34)33-10-8-26(35,9-11-33)22(16-6-12-36-13-7-16)19-3-2-17(27)15-30-19/h2-5,15-16,22,35H,6-13H2,1H3/t22-/m1/s1. The van der Waals surface area contributed by atoms with Crippen LogP contribution in [0.1, 0.15) is 42.9 Å². The highest BCUT2D eigenvalue weighted by molar-refractivity contribution is 6.30. The molecule has 0 aromatic carbocycles. The zero-order valence-electron chi connectivity index (χ0n) is 20.0. The Bertz CT molecular complexity index is 1370. The number of fused-ring (bicyclic) bond motifs is 1. The number of ether oxygens (including phenoxy) is 1. The van der Waals surface area contributed by atoms with Gasteiger partial charge in [-0.2, -0.15) is 5.26 Å². The number of nitrogens with zero attached hydrogens (tertiary/aromatic N) is 5. The first kappa shape index (κ1) is 25.0. The summed E-state index contributed by atoms with van der Waals surface area (Å²) in [5.74, 6) is 0.0492. The van der Waals surface area contributed by atoms with Crippen molar-refractivity contribution >= 4 is 39.9 Å². The van der Waals surface area contributed by atoms with E-state index in [4.69, 9.17) is 27.9 Å². The van der Waals surface area contributed by atoms with E-state index in [1.54, 1.807) is 25.4 Å². The molecule has 10 heteroatoms. The molecule has 2 fully saturated rings. The van der Waals surface area contributed by atoms with Crippen LogP contribution in [-0.4, -0.2) is 51.5 Å². The molecule has 8 nitrogen and oxygen atoms in total. The van der Waals surface area contributed by atoms with Gasteiger partial charge in [-0.05, 0) is 55.9 Å². The number of halogens is 2. The quantitative estimate of drug-likeness (QED) is 0.510. The lowest BCUT2D eigenvalue weighted by molar-refractivity contribution is -0.0500. The van der Waals surface area contributed by atoms with Crippen molar-refractivity contribution in [2.45, 2.75) is 37.2 Å². The molecule has 0 bridgehead atoms. The molecule has 0 spiro atoms. The summed E-state index contributed by atoms with van der Waals surface area (Å²) < 4.78 is 7.01. The average Bonchev–Trinajstić information content (AvgIpc) is 2.88. The molecule has 2 aliphatic rings. The molecule has 0 radical (unpaired) electrons. The molecule has 0 amide bonds. The second-order valence-electron chi connectivity index (χ2n) is 9.62. The molecule has 188 valence electrons. The van der Waals surface area contributed by atoms with Crippen molar-refractivity contribution in [3.63, 3.8) is 0 Å². The molecular weight excluding hydrogens is 501 g/mol. The van der Waals surface area contributed by atoms with E-state index in [0.29, 0.717) is 60.9 Å². The number of hydrogen-bond acceptors (Lipinski definition) is 7. The summed E-state index contributed by atoms with van der Waals surface area (Å²) in [4.78, 5) is 24.0. The summed E-state index contributed by atoms with van der Waals surface area (Å²) in [6.07, 6.45) is 4.22. The summed E-state index contributed by atoms with van der Waals surface area (Å²) in [7, 11) is 1.62. The van der Waals surface area contributed by atoms with Crippen LogP contribution in [0.4, 0.5) is 5.69 Å². The molecule has 1 atom stereocenters. The maximum absolute atomic E-state index is 13.0. The minimum absolute atomic E-state index is 0.0329. The van der Waals surface area contributed by atoms with Crippen LogP contribution >= 0.6 is 23.2 Å². The Labute approximate surface area is 219 Å². The van der Waals surface area contributed by atoms with Crippen molar-refractivity contribution in [1.82, 2.24) is 14.5 Å². The van der Waals surface area contributed by atoms with E-state index < -0.39 is 5.60 Å². The van der Waals surface area contributed by atoms with Crippen LogP contribution in [0, 0.1) is 17.2 Å². The van der Waals surface area contributed by atoms with Gasteiger partial charge in [-0.15, -0.1) is 0 Å². The first-order valence-corrected chi connectivity index (χ1v) is 12.8. The normalized spacial score (nSPS) is 19.2. The Balaban J connectivity index is 1.51. The third kappa shape index (κ3) is 4.46. The molecule has 3 aromatic heterocycles. The second kappa shape index (κ2) is 9.98. The zero-order chi connectivity index (χ0) is 25.4. The average molecular weight is 528 g/mol. The van der Waals surface area contributed by atoms with E-state index in [1.807, 2.05) is 17.0 Å². The van der Waals surface area contributed by atoms with Crippen LogP contribution in [-0.2, 0) is 11.8 Å². The predicted molar refractivity (Wildman–Crippen MR) is 139 cm³/mol. The van der Waals surface area contributed by atoms with E-state index in [9.17, 15) is 15.2 Å². The lowest BCUT2D eigenvalue weighted by Crippen LogP contribution is -2.51. The van der Waals surface area contributed by atoms with Crippen molar-refractivity contribution in [2.75, 3.05) is 31.2 Å². The fourth-order valence-corrected chi connectivity index (χ4v) is 6.04. The van der Waals surface area contributed by atoms with Gasteiger partial charge in [-0.25, -0.2) is 4.98 Å². The van der Waals surface area contributed by atoms with Crippen LogP contribution in [0.5, 0.6) is 0 Å². The van der Waals surface area contributed by atoms with Crippen molar-refractivity contribution < 1.29 is 9.84 Å². The maximum Gasteiger partial charge on any atom is 0.270 e. The molecule has 3 aromatic rings. The smallest absolute Gasteiger partial charge is 0.270 e. The SMILES string of the molecule is Cn1c(=O)c(C#N)c(N2CCC(O)([C@@H](c3ccc(Cl)cn3)C3CCOCC3)CC2)c2nc(Cl)ccc21. The van der Waals surface area contributed by atoms with E-state index in [0.717, 1.165) is 18.5 Å². The minimum atomic E-state index is -1.01. The Kier molecular flexibility index (Phi) is 6.92. The number of aryl methyl sites for hydroxylation is 1. The molecule has 1 N–H and O–H groups in total. The highest BCUT2D eigenvalue weighted by atomic mass is 35.5. The van der Waals surface area contributed by atoms with Crippen LogP contribution in [0.25, 0.3) is 11.0 Å². The van der Waals surface area contributed by atoms with E-state index in [2.05, 4.69) is 16.0 Å². The number of hydrogen-bond donors (Lipinski definition) is 1. The summed E-state index contributed by atoms with van der Waals surface area (Å²) in [6, 6.07) is 9.17. The fourth-order valence-electron chi connectivity index (χ4n) is 5.78. The third-order valence-electron chi connectivity index (χ3n) is 7.62. The lowest BCUT2D eigenvalue weighted by atomic mass is 9.69. The molecule has 0 unspecified atom stereocenters. The number of aliphatic hydroxyl groups is 1. The maximum atomic E-state index is 13.0. The van der Waals surface area contributed by atoms with E-state index in [-0.39, 0.29) is 28.1 Å². The number of rotatable bonds is 4. The number of nitriles is 1. The van der Waals surface area contributed by atoms with Gasteiger partial charge in [0.25, 0.3) is 5.56 Å². The van der Waals surface area contributed by atoms with Gasteiger partial charge in [0.05, 0.1) is 21.8 Å². The summed E-state index contributed by atoms with van der Waals surface area (Å²) in [5, 5.41) is 22.8. The predicted octanol–water partition coefficient (Wildman–Crippen LogP) is 4.05. The van der Waals surface area contributed by atoms with Gasteiger partial charge in [0.15, 0.2) is 0 Å². The number of anilines is 1. The van der Waals surface area contributed by atoms with Crippen LogP contribution < -0.4 is 10.5 Å². The Hall–Kier alpha value is -2.70. The topological polar surface area (TPSA) is 104 Å². The Morgan fingerprint density at radius 1 is 1.19 bits per heavy atom. The fraction of sp³-hybridized carbons (Fsp3) is 0.462. The number of aromatic nitrogens is 3. The third-order valence-corrected chi connectivity index (χ3v) is 8.06.